The lowest BCUT2D eigenvalue weighted by Crippen LogP contribution is -2.39. The first-order valence-corrected chi connectivity index (χ1v) is 8.26. The maximum absolute atomic E-state index is 6.42. The molecule has 2 unspecified atom stereocenters. The van der Waals surface area contributed by atoms with Crippen LogP contribution >= 0.6 is 0 Å². The molecule has 1 aromatic heterocycles. The van der Waals surface area contributed by atoms with Gasteiger partial charge in [0.2, 0.25) is 0 Å². The van der Waals surface area contributed by atoms with Crippen LogP contribution in [0.3, 0.4) is 0 Å². The number of nitrogens with two attached hydrogens (primary N) is 1. The molecule has 3 nitrogen and oxygen atoms in total. The molecule has 114 valence electrons. The molecule has 2 atom stereocenters. The first kappa shape index (κ1) is 14.6. The van der Waals surface area contributed by atoms with Crippen LogP contribution in [-0.2, 0) is 0 Å². The van der Waals surface area contributed by atoms with Crippen molar-refractivity contribution in [3.05, 3.63) is 36.1 Å². The molecule has 1 saturated heterocycles. The van der Waals surface area contributed by atoms with E-state index in [0.717, 1.165) is 23.3 Å². The van der Waals surface area contributed by atoms with E-state index in [1.54, 1.807) is 0 Å². The van der Waals surface area contributed by atoms with E-state index in [1.165, 1.54) is 38.6 Å². The van der Waals surface area contributed by atoms with Crippen LogP contribution in [0.25, 0.3) is 11.0 Å². The maximum atomic E-state index is 6.42. The number of rotatable bonds is 4. The standard InChI is InChI=1S/C18H26N2O/c1-2-15-9-4-3-7-11-20(15)13-16(19)18-12-14-8-5-6-10-17(14)21-18/h5-6,8,10,12,15-16H,2-4,7,9,11,13,19H2,1H3. The van der Waals surface area contributed by atoms with Crippen molar-refractivity contribution in [3.8, 4) is 0 Å². The second-order valence-corrected chi connectivity index (χ2v) is 6.20. The van der Waals surface area contributed by atoms with Gasteiger partial charge in [0.05, 0.1) is 6.04 Å². The lowest BCUT2D eigenvalue weighted by Gasteiger charge is -2.30. The quantitative estimate of drug-likeness (QED) is 0.920. The molecule has 0 radical (unpaired) electrons. The van der Waals surface area contributed by atoms with Gasteiger partial charge in [0.1, 0.15) is 11.3 Å². The van der Waals surface area contributed by atoms with Crippen molar-refractivity contribution in [1.82, 2.24) is 4.90 Å². The van der Waals surface area contributed by atoms with E-state index in [2.05, 4.69) is 24.0 Å². The number of benzene rings is 1. The number of hydrogen-bond donors (Lipinski definition) is 1. The largest absolute Gasteiger partial charge is 0.459 e. The molecule has 0 spiro atoms. The number of furan rings is 1. The van der Waals surface area contributed by atoms with Crippen LogP contribution in [0.4, 0.5) is 0 Å². The molecule has 1 aliphatic heterocycles. The van der Waals surface area contributed by atoms with E-state index in [0.29, 0.717) is 6.04 Å². The van der Waals surface area contributed by atoms with Gasteiger partial charge in [-0.15, -0.1) is 0 Å². The molecule has 0 amide bonds. The molecule has 1 aromatic carbocycles. The normalized spacial score (nSPS) is 22.3. The zero-order valence-electron chi connectivity index (χ0n) is 12.9. The number of nitrogens with zero attached hydrogens (tertiary/aromatic N) is 1. The molecular weight excluding hydrogens is 260 g/mol. The summed E-state index contributed by atoms with van der Waals surface area (Å²) in [7, 11) is 0. The Balaban J connectivity index is 1.73. The Kier molecular flexibility index (Phi) is 4.61. The molecule has 0 aliphatic carbocycles. The fourth-order valence-electron chi connectivity index (χ4n) is 3.47. The lowest BCUT2D eigenvalue weighted by atomic mass is 10.1. The van der Waals surface area contributed by atoms with Gasteiger partial charge >= 0.3 is 0 Å². The van der Waals surface area contributed by atoms with Gasteiger partial charge < -0.3 is 10.2 Å². The third-order valence-electron chi connectivity index (χ3n) is 4.71. The zero-order valence-corrected chi connectivity index (χ0v) is 12.9. The summed E-state index contributed by atoms with van der Waals surface area (Å²) >= 11 is 0. The van der Waals surface area contributed by atoms with Crippen LogP contribution in [0.15, 0.2) is 34.7 Å². The lowest BCUT2D eigenvalue weighted by molar-refractivity contribution is 0.178. The van der Waals surface area contributed by atoms with Crippen LogP contribution in [-0.4, -0.2) is 24.0 Å². The van der Waals surface area contributed by atoms with Gasteiger partial charge in [-0.2, -0.15) is 0 Å². The minimum Gasteiger partial charge on any atom is -0.459 e. The van der Waals surface area contributed by atoms with Crippen LogP contribution in [0.5, 0.6) is 0 Å². The van der Waals surface area contributed by atoms with E-state index in [1.807, 2.05) is 18.2 Å². The van der Waals surface area contributed by atoms with Crippen molar-refractivity contribution in [2.45, 2.75) is 51.1 Å². The Morgan fingerprint density at radius 3 is 2.95 bits per heavy atom. The summed E-state index contributed by atoms with van der Waals surface area (Å²) in [5.41, 5.74) is 7.36. The van der Waals surface area contributed by atoms with Gasteiger partial charge in [-0.25, -0.2) is 0 Å². The first-order valence-electron chi connectivity index (χ1n) is 8.26. The molecule has 2 N–H and O–H groups in total. The highest BCUT2D eigenvalue weighted by Crippen LogP contribution is 2.25. The molecule has 1 aliphatic rings. The van der Waals surface area contributed by atoms with Crippen molar-refractivity contribution in [2.24, 2.45) is 5.73 Å². The van der Waals surface area contributed by atoms with Crippen molar-refractivity contribution >= 4 is 11.0 Å². The average Bonchev–Trinajstić information content (AvgIpc) is 2.82. The Labute approximate surface area is 127 Å². The van der Waals surface area contributed by atoms with E-state index in [4.69, 9.17) is 10.2 Å². The number of para-hydroxylation sites is 1. The second kappa shape index (κ2) is 6.63. The van der Waals surface area contributed by atoms with Crippen LogP contribution < -0.4 is 5.73 Å². The number of fused-ring (bicyclic) bond motifs is 1. The fourth-order valence-corrected chi connectivity index (χ4v) is 3.47. The summed E-state index contributed by atoms with van der Waals surface area (Å²) in [6.07, 6.45) is 6.53. The van der Waals surface area contributed by atoms with Crippen molar-refractivity contribution < 1.29 is 4.42 Å². The Hall–Kier alpha value is -1.32. The topological polar surface area (TPSA) is 42.4 Å². The third-order valence-corrected chi connectivity index (χ3v) is 4.71. The van der Waals surface area contributed by atoms with Crippen LogP contribution in [0.2, 0.25) is 0 Å². The van der Waals surface area contributed by atoms with Gasteiger partial charge in [0.15, 0.2) is 0 Å². The summed E-state index contributed by atoms with van der Waals surface area (Å²) in [5.74, 6) is 0.912. The highest BCUT2D eigenvalue weighted by molar-refractivity contribution is 5.77. The van der Waals surface area contributed by atoms with E-state index in [9.17, 15) is 0 Å². The van der Waals surface area contributed by atoms with Crippen molar-refractivity contribution in [3.63, 3.8) is 0 Å². The molecule has 2 heterocycles. The summed E-state index contributed by atoms with van der Waals surface area (Å²) in [6, 6.07) is 10.9. The summed E-state index contributed by atoms with van der Waals surface area (Å²) in [5, 5.41) is 1.14. The third kappa shape index (κ3) is 3.30. The summed E-state index contributed by atoms with van der Waals surface area (Å²) in [6.45, 7) is 4.36. The molecule has 0 saturated carbocycles. The van der Waals surface area contributed by atoms with Gasteiger partial charge in [-0.1, -0.05) is 38.0 Å². The Bertz CT molecular complexity index is 544. The van der Waals surface area contributed by atoms with Gasteiger partial charge in [-0.05, 0) is 37.9 Å². The molecule has 21 heavy (non-hydrogen) atoms. The second-order valence-electron chi connectivity index (χ2n) is 6.20. The molecule has 2 aromatic rings. The minimum absolute atomic E-state index is 0.0375. The smallest absolute Gasteiger partial charge is 0.134 e. The number of likely N-dealkylation sites (tertiary alicyclic amines) is 1. The Morgan fingerprint density at radius 1 is 1.29 bits per heavy atom. The average molecular weight is 286 g/mol. The summed E-state index contributed by atoms with van der Waals surface area (Å²) in [4.78, 5) is 2.57. The van der Waals surface area contributed by atoms with Gasteiger partial charge in [0.25, 0.3) is 0 Å². The van der Waals surface area contributed by atoms with Gasteiger partial charge in [0, 0.05) is 18.0 Å². The van der Waals surface area contributed by atoms with Gasteiger partial charge in [-0.3, -0.25) is 4.90 Å². The highest BCUT2D eigenvalue weighted by atomic mass is 16.3. The minimum atomic E-state index is -0.0375. The SMILES string of the molecule is CCC1CCCCCN1CC(N)c1cc2ccccc2o1. The van der Waals surface area contributed by atoms with Crippen LogP contribution in [0.1, 0.15) is 50.8 Å². The van der Waals surface area contributed by atoms with E-state index >= 15 is 0 Å². The first-order chi connectivity index (χ1) is 10.3. The monoisotopic (exact) mass is 286 g/mol. The van der Waals surface area contributed by atoms with E-state index < -0.39 is 0 Å². The predicted molar refractivity (Wildman–Crippen MR) is 87.3 cm³/mol. The van der Waals surface area contributed by atoms with Crippen molar-refractivity contribution in [2.75, 3.05) is 13.1 Å². The Morgan fingerprint density at radius 2 is 2.14 bits per heavy atom. The van der Waals surface area contributed by atoms with Crippen molar-refractivity contribution in [1.29, 1.82) is 0 Å². The number of hydrogen-bond acceptors (Lipinski definition) is 3. The fraction of sp³-hybridized carbons (Fsp3) is 0.556. The maximum Gasteiger partial charge on any atom is 0.134 e. The van der Waals surface area contributed by atoms with E-state index in [-0.39, 0.29) is 6.04 Å². The summed E-state index contributed by atoms with van der Waals surface area (Å²) < 4.78 is 5.92. The predicted octanol–water partition coefficient (Wildman–Crippen LogP) is 4.09. The molecule has 3 rings (SSSR count). The van der Waals surface area contributed by atoms with Crippen LogP contribution in [0, 0.1) is 0 Å². The molecular formula is C18H26N2O. The zero-order chi connectivity index (χ0) is 14.7. The molecule has 1 fully saturated rings. The molecule has 0 bridgehead atoms. The highest BCUT2D eigenvalue weighted by Gasteiger charge is 2.23. The molecule has 3 heteroatoms.